The largest absolute Gasteiger partial charge is 0.494 e. The Kier molecular flexibility index (Phi) is 4.50. The van der Waals surface area contributed by atoms with Crippen molar-refractivity contribution >= 4 is 17.3 Å². The average molecular weight is 286 g/mol. The Morgan fingerprint density at radius 2 is 1.76 bits per heavy atom. The van der Waals surface area contributed by atoms with E-state index < -0.39 is 0 Å². The minimum atomic E-state index is -0.242. The number of nitrogens with zero attached hydrogens (tertiary/aromatic N) is 1. The van der Waals surface area contributed by atoms with E-state index >= 15 is 0 Å². The molecule has 2 aromatic rings. The van der Waals surface area contributed by atoms with Gasteiger partial charge in [0.05, 0.1) is 19.9 Å². The van der Waals surface area contributed by atoms with Crippen LogP contribution in [0, 0.1) is 0 Å². The smallest absolute Gasteiger partial charge is 0.255 e. The van der Waals surface area contributed by atoms with E-state index in [1.165, 1.54) is 14.2 Å². The van der Waals surface area contributed by atoms with E-state index in [0.717, 1.165) is 0 Å². The summed E-state index contributed by atoms with van der Waals surface area (Å²) in [6.07, 6.45) is 0. The third-order valence-electron chi connectivity index (χ3n) is 2.92. The number of carbonyl (C=O) groups is 1. The zero-order valence-electron chi connectivity index (χ0n) is 11.8. The van der Waals surface area contributed by atoms with E-state index in [4.69, 9.17) is 15.0 Å². The summed E-state index contributed by atoms with van der Waals surface area (Å²) in [5.41, 5.74) is 6.76. The Morgan fingerprint density at radius 3 is 2.33 bits per heavy atom. The van der Waals surface area contributed by atoms with Crippen LogP contribution in [-0.4, -0.2) is 20.1 Å². The van der Waals surface area contributed by atoms with Crippen LogP contribution < -0.4 is 20.3 Å². The molecule has 0 fully saturated rings. The minimum absolute atomic E-state index is 0.242. The fraction of sp³-hybridized carbons (Fsp3) is 0.133. The van der Waals surface area contributed by atoms with Crippen LogP contribution >= 0.6 is 0 Å². The summed E-state index contributed by atoms with van der Waals surface area (Å²) >= 11 is 0. The second-order valence-electron chi connectivity index (χ2n) is 4.17. The van der Waals surface area contributed by atoms with Gasteiger partial charge in [-0.2, -0.15) is 5.53 Å². The highest BCUT2D eigenvalue weighted by Gasteiger charge is 2.15. The molecule has 0 bridgehead atoms. The maximum absolute atomic E-state index is 12.2. The number of nitrogens with two attached hydrogens (primary N) is 1. The number of benzene rings is 2. The number of hydrogen-bond donors (Lipinski definition) is 2. The molecule has 0 aliphatic rings. The molecule has 6 heteroatoms. The molecule has 21 heavy (non-hydrogen) atoms. The molecule has 3 N–H and O–H groups in total. The van der Waals surface area contributed by atoms with Gasteiger partial charge in [0.2, 0.25) is 0 Å². The van der Waals surface area contributed by atoms with Gasteiger partial charge in [-0.05, 0) is 17.2 Å². The van der Waals surface area contributed by atoms with Crippen LogP contribution in [0.5, 0.6) is 11.5 Å². The van der Waals surface area contributed by atoms with Crippen molar-refractivity contribution < 1.29 is 19.8 Å². The van der Waals surface area contributed by atoms with Gasteiger partial charge in [0.15, 0.2) is 11.4 Å². The zero-order valence-corrected chi connectivity index (χ0v) is 11.8. The highest BCUT2D eigenvalue weighted by molar-refractivity contribution is 6.05. The summed E-state index contributed by atoms with van der Waals surface area (Å²) in [5, 5.41) is 6.39. The Hall–Kier alpha value is -2.89. The molecule has 2 rings (SSSR count). The lowest BCUT2D eigenvalue weighted by Crippen LogP contribution is -2.22. The number of hydrogen-bond acceptors (Lipinski definition) is 4. The molecule has 0 aliphatic heterocycles. The molecule has 0 aromatic heterocycles. The Labute approximate surface area is 122 Å². The van der Waals surface area contributed by atoms with E-state index in [1.807, 2.05) is 6.07 Å². The van der Waals surface area contributed by atoms with Gasteiger partial charge in [0.25, 0.3) is 5.91 Å². The van der Waals surface area contributed by atoms with Gasteiger partial charge in [0, 0.05) is 17.7 Å². The van der Waals surface area contributed by atoms with E-state index in [1.54, 1.807) is 36.4 Å². The van der Waals surface area contributed by atoms with Gasteiger partial charge in [-0.25, -0.2) is 0 Å². The predicted molar refractivity (Wildman–Crippen MR) is 78.0 cm³/mol. The van der Waals surface area contributed by atoms with Gasteiger partial charge in [-0.3, -0.25) is 4.79 Å². The number of anilines is 1. The molecule has 108 valence electrons. The molecule has 0 radical (unpaired) electrons. The van der Waals surface area contributed by atoms with Crippen molar-refractivity contribution in [2.24, 2.45) is 5.11 Å². The predicted octanol–water partition coefficient (Wildman–Crippen LogP) is 1.80. The van der Waals surface area contributed by atoms with Crippen LogP contribution in [0.1, 0.15) is 10.4 Å². The first kappa shape index (κ1) is 14.5. The molecule has 2 aromatic carbocycles. The van der Waals surface area contributed by atoms with Crippen molar-refractivity contribution in [1.82, 2.24) is 0 Å². The summed E-state index contributed by atoms with van der Waals surface area (Å²) < 4.78 is 10.4. The number of methoxy groups -OCH3 is 2. The first-order valence-electron chi connectivity index (χ1n) is 6.23. The molecule has 6 nitrogen and oxygen atoms in total. The van der Waals surface area contributed by atoms with E-state index in [2.05, 4.69) is 10.4 Å². The third kappa shape index (κ3) is 3.17. The number of carbonyl (C=O) groups excluding carboxylic acids is 1. The van der Waals surface area contributed by atoms with Gasteiger partial charge < -0.3 is 14.8 Å². The fourth-order valence-electron chi connectivity index (χ4n) is 1.86. The number of ether oxygens (including phenoxy) is 2. The van der Waals surface area contributed by atoms with Crippen molar-refractivity contribution in [2.75, 3.05) is 19.5 Å². The number of rotatable bonds is 5. The monoisotopic (exact) mass is 286 g/mol. The normalized spacial score (nSPS) is 9.81. The van der Waals surface area contributed by atoms with Crippen molar-refractivity contribution in [2.45, 2.75) is 0 Å². The summed E-state index contributed by atoms with van der Waals surface area (Å²) in [5.74, 6) is 0.652. The fourth-order valence-corrected chi connectivity index (χ4v) is 1.86. The quantitative estimate of drug-likeness (QED) is 0.822. The summed E-state index contributed by atoms with van der Waals surface area (Å²) in [6, 6.07) is 12.1. The second kappa shape index (κ2) is 6.51. The second-order valence-corrected chi connectivity index (χ2v) is 4.17. The van der Waals surface area contributed by atoms with Gasteiger partial charge in [-0.15, -0.1) is 0 Å². The topological polar surface area (TPSA) is 85.5 Å². The van der Waals surface area contributed by atoms with Crippen molar-refractivity contribution in [3.8, 4) is 11.5 Å². The van der Waals surface area contributed by atoms with Gasteiger partial charge >= 0.3 is 0 Å². The SMILES string of the molecule is COc1cc(NC(=O)c2ccccc2)c(OC)cc1N=[NH2+]. The van der Waals surface area contributed by atoms with Crippen LogP contribution in [-0.2, 0) is 0 Å². The lowest BCUT2D eigenvalue weighted by Gasteiger charge is -2.12. The molecule has 0 saturated carbocycles. The summed E-state index contributed by atoms with van der Waals surface area (Å²) in [6.45, 7) is 0. The summed E-state index contributed by atoms with van der Waals surface area (Å²) in [4.78, 5) is 12.2. The Morgan fingerprint density at radius 1 is 1.10 bits per heavy atom. The van der Waals surface area contributed by atoms with E-state index in [0.29, 0.717) is 28.4 Å². The number of nitrogens with one attached hydrogen (secondary N) is 1. The van der Waals surface area contributed by atoms with Crippen LogP contribution in [0.25, 0.3) is 0 Å². The first-order valence-corrected chi connectivity index (χ1v) is 6.23. The molecule has 1 amide bonds. The van der Waals surface area contributed by atoms with Crippen LogP contribution in [0.3, 0.4) is 0 Å². The minimum Gasteiger partial charge on any atom is -0.494 e. The average Bonchev–Trinajstić information content (AvgIpc) is 2.55. The lowest BCUT2D eigenvalue weighted by atomic mass is 10.2. The molecule has 0 unspecified atom stereocenters. The third-order valence-corrected chi connectivity index (χ3v) is 2.92. The molecule has 0 saturated heterocycles. The van der Waals surface area contributed by atoms with Crippen LogP contribution in [0.15, 0.2) is 47.6 Å². The van der Waals surface area contributed by atoms with Crippen LogP contribution in [0.2, 0.25) is 0 Å². The highest BCUT2D eigenvalue weighted by Crippen LogP contribution is 2.37. The Bertz CT molecular complexity index is 657. The van der Waals surface area contributed by atoms with Gasteiger partial charge in [0.1, 0.15) is 5.75 Å². The highest BCUT2D eigenvalue weighted by atomic mass is 16.5. The maximum atomic E-state index is 12.2. The number of amides is 1. The molecule has 0 spiro atoms. The molecular formula is C15H16N3O3+. The standard InChI is InChI=1S/C15H15N3O3/c1-20-13-9-12(18-16)14(21-2)8-11(13)17-15(19)10-6-4-3-5-7-10/h3-9,16H,1-2H3,(H,17,19)/p+1. The van der Waals surface area contributed by atoms with Crippen molar-refractivity contribution in [3.63, 3.8) is 0 Å². The molecule has 0 atom stereocenters. The van der Waals surface area contributed by atoms with Crippen molar-refractivity contribution in [3.05, 3.63) is 48.0 Å². The molecule has 0 aliphatic carbocycles. The van der Waals surface area contributed by atoms with E-state index in [9.17, 15) is 4.79 Å². The first-order chi connectivity index (χ1) is 10.2. The lowest BCUT2D eigenvalue weighted by molar-refractivity contribution is -0.210. The maximum Gasteiger partial charge on any atom is 0.255 e. The van der Waals surface area contributed by atoms with Gasteiger partial charge in [-0.1, -0.05) is 18.2 Å². The Balaban J connectivity index is 2.35. The zero-order chi connectivity index (χ0) is 15.2. The molecule has 0 heterocycles. The van der Waals surface area contributed by atoms with Crippen molar-refractivity contribution in [1.29, 1.82) is 0 Å². The van der Waals surface area contributed by atoms with E-state index in [-0.39, 0.29) is 5.91 Å². The molecular weight excluding hydrogens is 270 g/mol. The van der Waals surface area contributed by atoms with Crippen LogP contribution in [0.4, 0.5) is 11.4 Å². The summed E-state index contributed by atoms with van der Waals surface area (Å²) in [7, 11) is 3.00.